The van der Waals surface area contributed by atoms with Gasteiger partial charge in [-0.2, -0.15) is 0 Å². The zero-order chi connectivity index (χ0) is 14.0. The third-order valence-electron chi connectivity index (χ3n) is 3.13. The summed E-state index contributed by atoms with van der Waals surface area (Å²) in [6.45, 7) is 4.18. The first-order valence-corrected chi connectivity index (χ1v) is 6.84. The van der Waals surface area contributed by atoms with Crippen LogP contribution in [0.5, 0.6) is 0 Å². The average molecular weight is 295 g/mol. The molecule has 0 bridgehead atoms. The highest BCUT2D eigenvalue weighted by Gasteiger charge is 2.18. The number of rotatable bonds is 3. The molecule has 1 atom stereocenters. The van der Waals surface area contributed by atoms with Crippen molar-refractivity contribution >= 4 is 23.2 Å². The predicted octanol–water partition coefficient (Wildman–Crippen LogP) is 4.31. The Hall–Kier alpha value is -1.09. The van der Waals surface area contributed by atoms with Gasteiger partial charge in [-0.05, 0) is 38.1 Å². The minimum Gasteiger partial charge on any atom is -0.308 e. The monoisotopic (exact) mass is 294 g/mol. The van der Waals surface area contributed by atoms with E-state index in [1.54, 1.807) is 12.3 Å². The Morgan fingerprint density at radius 3 is 2.47 bits per heavy atom. The standard InChI is InChI=1S/C15H16Cl2N2/c1-9-4-5-12(10(2)6-9)14(18-3)15-13(17)7-11(16)8-19-15/h4-8,14,18H,1-3H3. The van der Waals surface area contributed by atoms with Gasteiger partial charge < -0.3 is 5.32 Å². The highest BCUT2D eigenvalue weighted by atomic mass is 35.5. The Labute approximate surface area is 123 Å². The van der Waals surface area contributed by atoms with Crippen LogP contribution >= 0.6 is 23.2 Å². The Morgan fingerprint density at radius 2 is 1.89 bits per heavy atom. The summed E-state index contributed by atoms with van der Waals surface area (Å²) < 4.78 is 0. The topological polar surface area (TPSA) is 24.9 Å². The SMILES string of the molecule is CNC(c1ccc(C)cc1C)c1ncc(Cl)cc1Cl. The number of hydrogen-bond acceptors (Lipinski definition) is 2. The lowest BCUT2D eigenvalue weighted by Crippen LogP contribution is -2.20. The van der Waals surface area contributed by atoms with Crippen molar-refractivity contribution in [2.75, 3.05) is 7.05 Å². The Morgan fingerprint density at radius 1 is 1.16 bits per heavy atom. The Bertz CT molecular complexity index is 545. The predicted molar refractivity (Wildman–Crippen MR) is 81.1 cm³/mol. The van der Waals surface area contributed by atoms with Crippen molar-refractivity contribution in [1.29, 1.82) is 0 Å². The van der Waals surface area contributed by atoms with E-state index in [1.165, 1.54) is 16.7 Å². The van der Waals surface area contributed by atoms with Gasteiger partial charge in [0.05, 0.1) is 21.8 Å². The quantitative estimate of drug-likeness (QED) is 0.912. The van der Waals surface area contributed by atoms with E-state index in [-0.39, 0.29) is 6.04 Å². The van der Waals surface area contributed by atoms with Crippen molar-refractivity contribution in [2.24, 2.45) is 0 Å². The van der Waals surface area contributed by atoms with Gasteiger partial charge >= 0.3 is 0 Å². The molecule has 2 rings (SSSR count). The molecular formula is C15H16Cl2N2. The molecule has 0 amide bonds. The van der Waals surface area contributed by atoms with Gasteiger partial charge in [-0.25, -0.2) is 0 Å². The molecule has 2 aromatic rings. The van der Waals surface area contributed by atoms with Gasteiger partial charge in [0.15, 0.2) is 0 Å². The largest absolute Gasteiger partial charge is 0.308 e. The molecule has 0 spiro atoms. The van der Waals surface area contributed by atoms with Crippen molar-refractivity contribution in [3.63, 3.8) is 0 Å². The van der Waals surface area contributed by atoms with E-state index >= 15 is 0 Å². The van der Waals surface area contributed by atoms with E-state index < -0.39 is 0 Å². The maximum atomic E-state index is 6.25. The fraction of sp³-hybridized carbons (Fsp3) is 0.267. The van der Waals surface area contributed by atoms with Crippen LogP contribution in [-0.4, -0.2) is 12.0 Å². The van der Waals surface area contributed by atoms with Gasteiger partial charge in [0.2, 0.25) is 0 Å². The lowest BCUT2D eigenvalue weighted by Gasteiger charge is -2.20. The molecule has 100 valence electrons. The molecule has 1 aromatic heterocycles. The number of pyridine rings is 1. The second kappa shape index (κ2) is 5.91. The maximum Gasteiger partial charge on any atom is 0.0805 e. The molecule has 1 aromatic carbocycles. The van der Waals surface area contributed by atoms with Crippen LogP contribution in [0, 0.1) is 13.8 Å². The highest BCUT2D eigenvalue weighted by Crippen LogP contribution is 2.30. The Kier molecular flexibility index (Phi) is 4.46. The summed E-state index contributed by atoms with van der Waals surface area (Å²) in [5.74, 6) is 0. The van der Waals surface area contributed by atoms with Gasteiger partial charge in [-0.1, -0.05) is 47.0 Å². The van der Waals surface area contributed by atoms with Crippen molar-refractivity contribution < 1.29 is 0 Å². The van der Waals surface area contributed by atoms with E-state index in [4.69, 9.17) is 23.2 Å². The molecule has 4 heteroatoms. The van der Waals surface area contributed by atoms with E-state index in [1.807, 2.05) is 7.05 Å². The number of benzene rings is 1. The normalized spacial score (nSPS) is 12.5. The maximum absolute atomic E-state index is 6.25. The summed E-state index contributed by atoms with van der Waals surface area (Å²) >= 11 is 12.1. The van der Waals surface area contributed by atoms with Crippen LogP contribution in [0.2, 0.25) is 10.0 Å². The van der Waals surface area contributed by atoms with Crippen LogP contribution in [0.25, 0.3) is 0 Å². The molecule has 0 saturated heterocycles. The Balaban J connectivity index is 2.50. The minimum atomic E-state index is -0.0367. The third-order valence-corrected chi connectivity index (χ3v) is 3.64. The molecule has 0 aliphatic rings. The van der Waals surface area contributed by atoms with E-state index in [9.17, 15) is 0 Å². The molecule has 1 heterocycles. The van der Waals surface area contributed by atoms with Gasteiger partial charge in [0, 0.05) is 6.20 Å². The molecule has 2 nitrogen and oxygen atoms in total. The van der Waals surface area contributed by atoms with Gasteiger partial charge in [0.1, 0.15) is 0 Å². The fourth-order valence-corrected chi connectivity index (χ4v) is 2.72. The van der Waals surface area contributed by atoms with Crippen LogP contribution in [0.15, 0.2) is 30.5 Å². The summed E-state index contributed by atoms with van der Waals surface area (Å²) in [6.07, 6.45) is 1.62. The van der Waals surface area contributed by atoms with Crippen molar-refractivity contribution in [2.45, 2.75) is 19.9 Å². The number of nitrogens with zero attached hydrogens (tertiary/aromatic N) is 1. The number of nitrogens with one attached hydrogen (secondary N) is 1. The number of aryl methyl sites for hydroxylation is 2. The smallest absolute Gasteiger partial charge is 0.0805 e. The lowest BCUT2D eigenvalue weighted by atomic mass is 9.97. The first-order chi connectivity index (χ1) is 9.02. The summed E-state index contributed by atoms with van der Waals surface area (Å²) in [4.78, 5) is 4.36. The van der Waals surface area contributed by atoms with Crippen molar-refractivity contribution in [3.05, 3.63) is 62.9 Å². The first-order valence-electron chi connectivity index (χ1n) is 6.08. The third kappa shape index (κ3) is 3.08. The summed E-state index contributed by atoms with van der Waals surface area (Å²) in [7, 11) is 1.90. The van der Waals surface area contributed by atoms with E-state index in [2.05, 4.69) is 42.3 Å². The number of aromatic nitrogens is 1. The highest BCUT2D eigenvalue weighted by molar-refractivity contribution is 6.34. The summed E-state index contributed by atoms with van der Waals surface area (Å²) in [5.41, 5.74) is 4.42. The van der Waals surface area contributed by atoms with E-state index in [0.717, 1.165) is 5.69 Å². The molecule has 0 fully saturated rings. The van der Waals surface area contributed by atoms with Crippen LogP contribution in [0.4, 0.5) is 0 Å². The molecule has 0 radical (unpaired) electrons. The second-order valence-corrected chi connectivity index (χ2v) is 5.45. The van der Waals surface area contributed by atoms with Crippen molar-refractivity contribution in [3.8, 4) is 0 Å². The molecule has 1 unspecified atom stereocenters. The van der Waals surface area contributed by atoms with Gasteiger partial charge in [0.25, 0.3) is 0 Å². The zero-order valence-corrected chi connectivity index (χ0v) is 12.7. The van der Waals surface area contributed by atoms with Gasteiger partial charge in [-0.3, -0.25) is 4.98 Å². The second-order valence-electron chi connectivity index (χ2n) is 4.60. The summed E-state index contributed by atoms with van der Waals surface area (Å²) in [5, 5.41) is 4.39. The van der Waals surface area contributed by atoms with Crippen LogP contribution in [0.3, 0.4) is 0 Å². The van der Waals surface area contributed by atoms with Crippen molar-refractivity contribution in [1.82, 2.24) is 10.3 Å². The molecule has 0 saturated carbocycles. The molecule has 1 N–H and O–H groups in total. The molecule has 0 aliphatic carbocycles. The van der Waals surface area contributed by atoms with Crippen LogP contribution < -0.4 is 5.32 Å². The number of hydrogen-bond donors (Lipinski definition) is 1. The van der Waals surface area contributed by atoms with Gasteiger partial charge in [-0.15, -0.1) is 0 Å². The molecule has 0 aliphatic heterocycles. The van der Waals surface area contributed by atoms with Crippen LogP contribution in [0.1, 0.15) is 28.4 Å². The minimum absolute atomic E-state index is 0.0367. The summed E-state index contributed by atoms with van der Waals surface area (Å²) in [6, 6.07) is 8.04. The number of halogens is 2. The van der Waals surface area contributed by atoms with Crippen LogP contribution in [-0.2, 0) is 0 Å². The molecule has 19 heavy (non-hydrogen) atoms. The zero-order valence-electron chi connectivity index (χ0n) is 11.2. The fourth-order valence-electron chi connectivity index (χ4n) is 2.23. The lowest BCUT2D eigenvalue weighted by molar-refractivity contribution is 0.667. The average Bonchev–Trinajstić information content (AvgIpc) is 2.34. The van der Waals surface area contributed by atoms with E-state index in [0.29, 0.717) is 10.0 Å². The first kappa shape index (κ1) is 14.3. The molecular weight excluding hydrogens is 279 g/mol.